The van der Waals surface area contributed by atoms with Crippen LogP contribution in [0, 0.1) is 5.41 Å². The number of β-amino-alcohol motifs (C(OH)–C–C–N with tert-alkyl or cyclic N) is 1. The Labute approximate surface area is 141 Å². The number of hydrazine groups is 1. The number of benzene rings is 1. The van der Waals surface area contributed by atoms with Gasteiger partial charge in [0.25, 0.3) is 0 Å². The molecule has 8 heteroatoms. The van der Waals surface area contributed by atoms with E-state index in [1.807, 2.05) is 0 Å². The van der Waals surface area contributed by atoms with Crippen LogP contribution in [0.2, 0.25) is 0 Å². The van der Waals surface area contributed by atoms with Crippen molar-refractivity contribution in [2.24, 2.45) is 10.4 Å². The van der Waals surface area contributed by atoms with Crippen LogP contribution in [0.5, 0.6) is 0 Å². The average Bonchev–Trinajstić information content (AvgIpc) is 2.88. The lowest BCUT2D eigenvalue weighted by molar-refractivity contribution is -0.146. The molecular formula is C15H19BrF3N3O. The van der Waals surface area contributed by atoms with Crippen LogP contribution in [0.15, 0.2) is 27.7 Å². The van der Waals surface area contributed by atoms with Crippen molar-refractivity contribution in [3.63, 3.8) is 0 Å². The monoisotopic (exact) mass is 393 g/mol. The summed E-state index contributed by atoms with van der Waals surface area (Å²) in [6, 6.07) is 3.84. The third-order valence-corrected chi connectivity index (χ3v) is 4.47. The molecule has 0 saturated heterocycles. The Morgan fingerprint density at radius 2 is 1.91 bits per heavy atom. The molecule has 1 aromatic carbocycles. The molecule has 0 spiro atoms. The van der Waals surface area contributed by atoms with E-state index in [2.05, 4.69) is 26.3 Å². The number of rotatable bonds is 3. The zero-order chi connectivity index (χ0) is 17.5. The van der Waals surface area contributed by atoms with Crippen molar-refractivity contribution in [1.29, 1.82) is 0 Å². The van der Waals surface area contributed by atoms with E-state index in [1.54, 1.807) is 25.8 Å². The van der Waals surface area contributed by atoms with Crippen LogP contribution in [-0.4, -0.2) is 29.7 Å². The molecule has 0 saturated carbocycles. The summed E-state index contributed by atoms with van der Waals surface area (Å²) in [5.74, 6) is 0. The lowest BCUT2D eigenvalue weighted by atomic mass is 9.70. The highest BCUT2D eigenvalue weighted by Crippen LogP contribution is 2.46. The number of aliphatic imine (C=N–C) groups is 1. The zero-order valence-corrected chi connectivity index (χ0v) is 14.7. The van der Waals surface area contributed by atoms with Gasteiger partial charge in [0.05, 0.1) is 18.4 Å². The summed E-state index contributed by atoms with van der Waals surface area (Å²) in [4.78, 5) is 3.96. The van der Waals surface area contributed by atoms with Crippen molar-refractivity contribution in [3.8, 4) is 0 Å². The molecule has 1 heterocycles. The first-order valence-electron chi connectivity index (χ1n) is 7.04. The SMILES string of the molecule is CC(C)(C)C(O)(CN1CN=CN1)c1ccc(Br)cc1C(F)(F)F. The Balaban J connectivity index is 2.56. The van der Waals surface area contributed by atoms with Crippen LogP contribution in [0.3, 0.4) is 0 Å². The maximum atomic E-state index is 13.5. The second kappa shape index (κ2) is 6.07. The van der Waals surface area contributed by atoms with E-state index in [9.17, 15) is 18.3 Å². The minimum Gasteiger partial charge on any atom is -0.383 e. The number of halogens is 4. The molecule has 0 bridgehead atoms. The van der Waals surface area contributed by atoms with Gasteiger partial charge in [-0.2, -0.15) is 18.2 Å². The number of nitrogens with zero attached hydrogens (tertiary/aromatic N) is 2. The van der Waals surface area contributed by atoms with Crippen LogP contribution in [0.1, 0.15) is 31.9 Å². The lowest BCUT2D eigenvalue weighted by Crippen LogP contribution is -2.52. The fourth-order valence-electron chi connectivity index (χ4n) is 2.51. The molecule has 1 aliphatic rings. The largest absolute Gasteiger partial charge is 0.416 e. The van der Waals surface area contributed by atoms with Crippen LogP contribution >= 0.6 is 15.9 Å². The maximum Gasteiger partial charge on any atom is 0.416 e. The molecule has 2 rings (SSSR count). The van der Waals surface area contributed by atoms with Crippen LogP contribution in [0.25, 0.3) is 0 Å². The number of hydrogen-bond acceptors (Lipinski definition) is 4. The molecule has 0 radical (unpaired) electrons. The summed E-state index contributed by atoms with van der Waals surface area (Å²) in [7, 11) is 0. The molecule has 23 heavy (non-hydrogen) atoms. The van der Waals surface area contributed by atoms with Gasteiger partial charge in [0.15, 0.2) is 0 Å². The summed E-state index contributed by atoms with van der Waals surface area (Å²) >= 11 is 3.07. The Morgan fingerprint density at radius 1 is 1.26 bits per heavy atom. The Bertz CT molecular complexity index is 605. The standard InChI is InChI=1S/C15H19BrF3N3O/c1-13(2,3)14(23,7-22-9-20-8-21-22)11-5-4-10(16)6-12(11)15(17,18)19/h4-6,8,23H,7,9H2,1-3H3,(H,20,21). The first kappa shape index (κ1) is 18.2. The molecule has 4 nitrogen and oxygen atoms in total. The van der Waals surface area contributed by atoms with Gasteiger partial charge in [-0.3, -0.25) is 4.99 Å². The molecule has 1 atom stereocenters. The smallest absolute Gasteiger partial charge is 0.383 e. The Morgan fingerprint density at radius 3 is 2.39 bits per heavy atom. The molecule has 1 aliphatic heterocycles. The summed E-state index contributed by atoms with van der Waals surface area (Å²) in [6.07, 6.45) is -3.11. The fourth-order valence-corrected chi connectivity index (χ4v) is 2.87. The van der Waals surface area contributed by atoms with Crippen LogP contribution in [-0.2, 0) is 11.8 Å². The van der Waals surface area contributed by atoms with Gasteiger partial charge in [0.1, 0.15) is 12.3 Å². The van der Waals surface area contributed by atoms with Crippen molar-refractivity contribution in [2.75, 3.05) is 13.2 Å². The minimum absolute atomic E-state index is 0.0266. The highest BCUT2D eigenvalue weighted by Gasteiger charge is 2.48. The van der Waals surface area contributed by atoms with Crippen LogP contribution in [0.4, 0.5) is 13.2 Å². The van der Waals surface area contributed by atoms with Crippen molar-refractivity contribution < 1.29 is 18.3 Å². The predicted octanol–water partition coefficient (Wildman–Crippen LogP) is 3.51. The quantitative estimate of drug-likeness (QED) is 0.825. The highest BCUT2D eigenvalue weighted by molar-refractivity contribution is 9.10. The van der Waals surface area contributed by atoms with Crippen molar-refractivity contribution in [3.05, 3.63) is 33.8 Å². The zero-order valence-electron chi connectivity index (χ0n) is 13.1. The van der Waals surface area contributed by atoms with Gasteiger partial charge >= 0.3 is 6.18 Å². The van der Waals surface area contributed by atoms with Crippen molar-refractivity contribution in [2.45, 2.75) is 32.5 Å². The van der Waals surface area contributed by atoms with E-state index in [0.29, 0.717) is 4.47 Å². The first-order chi connectivity index (χ1) is 10.4. The average molecular weight is 394 g/mol. The van der Waals surface area contributed by atoms with Crippen molar-refractivity contribution >= 4 is 22.3 Å². The van der Waals surface area contributed by atoms with Gasteiger partial charge in [0.2, 0.25) is 0 Å². The van der Waals surface area contributed by atoms with Gasteiger partial charge in [-0.15, -0.1) is 0 Å². The van der Waals surface area contributed by atoms with E-state index < -0.39 is 22.8 Å². The fraction of sp³-hybridized carbons (Fsp3) is 0.533. The highest BCUT2D eigenvalue weighted by atomic mass is 79.9. The minimum atomic E-state index is -4.56. The second-order valence-electron chi connectivity index (χ2n) is 6.58. The number of aliphatic hydroxyl groups is 1. The molecule has 1 unspecified atom stereocenters. The lowest BCUT2D eigenvalue weighted by Gasteiger charge is -2.43. The molecule has 128 valence electrons. The second-order valence-corrected chi connectivity index (χ2v) is 7.49. The molecule has 0 amide bonds. The van der Waals surface area contributed by atoms with Gasteiger partial charge in [0, 0.05) is 4.47 Å². The normalized spacial score (nSPS) is 18.8. The van der Waals surface area contributed by atoms with Gasteiger partial charge in [-0.25, -0.2) is 0 Å². The van der Waals surface area contributed by atoms with E-state index in [1.165, 1.54) is 18.5 Å². The third-order valence-electron chi connectivity index (χ3n) is 3.98. The topological polar surface area (TPSA) is 47.9 Å². The molecule has 2 N–H and O–H groups in total. The van der Waals surface area contributed by atoms with Gasteiger partial charge in [-0.1, -0.05) is 42.8 Å². The molecule has 0 fully saturated rings. The maximum absolute atomic E-state index is 13.5. The Hall–Kier alpha value is -1.12. The van der Waals surface area contributed by atoms with E-state index in [0.717, 1.165) is 6.07 Å². The Kier molecular flexibility index (Phi) is 4.81. The number of alkyl halides is 3. The molecule has 0 aromatic heterocycles. The van der Waals surface area contributed by atoms with Gasteiger partial charge in [-0.05, 0) is 23.1 Å². The van der Waals surface area contributed by atoms with Gasteiger partial charge < -0.3 is 10.5 Å². The van der Waals surface area contributed by atoms with E-state index >= 15 is 0 Å². The van der Waals surface area contributed by atoms with E-state index in [-0.39, 0.29) is 18.8 Å². The molecular weight excluding hydrogens is 375 g/mol. The summed E-state index contributed by atoms with van der Waals surface area (Å²) in [6.45, 7) is 5.39. The summed E-state index contributed by atoms with van der Waals surface area (Å²) in [5.41, 5.74) is -0.724. The summed E-state index contributed by atoms with van der Waals surface area (Å²) < 4.78 is 40.7. The first-order valence-corrected chi connectivity index (χ1v) is 7.83. The number of nitrogens with one attached hydrogen (secondary N) is 1. The van der Waals surface area contributed by atoms with E-state index in [4.69, 9.17) is 0 Å². The third kappa shape index (κ3) is 3.70. The van der Waals surface area contributed by atoms with Crippen molar-refractivity contribution in [1.82, 2.24) is 10.4 Å². The summed E-state index contributed by atoms with van der Waals surface area (Å²) in [5, 5.41) is 12.8. The molecule has 1 aromatic rings. The molecule has 0 aliphatic carbocycles. The predicted molar refractivity (Wildman–Crippen MR) is 85.7 cm³/mol. The van der Waals surface area contributed by atoms with Crippen LogP contribution < -0.4 is 5.43 Å². The number of hydrogen-bond donors (Lipinski definition) is 2.